The molecule has 4 saturated carbocycles. The fraction of sp³-hybridized carbons (Fsp3) is 0.540. The number of rotatable bonds is 17. The maximum absolute atomic E-state index is 13.7. The van der Waals surface area contributed by atoms with E-state index in [4.69, 9.17) is 19.6 Å². The smallest absolute Gasteiger partial charge is 0.355 e. The lowest BCUT2D eigenvalue weighted by Crippen LogP contribution is -2.64. The van der Waals surface area contributed by atoms with Crippen LogP contribution in [0, 0.1) is 23.2 Å². The van der Waals surface area contributed by atoms with E-state index in [-0.39, 0.29) is 45.7 Å². The maximum Gasteiger partial charge on any atom is 0.355 e. The van der Waals surface area contributed by atoms with Crippen LogP contribution >= 0.6 is 11.3 Å². The van der Waals surface area contributed by atoms with Gasteiger partial charge >= 0.3 is 5.97 Å². The first-order chi connectivity index (χ1) is 33.8. The largest absolute Gasteiger partial charge is 0.476 e. The van der Waals surface area contributed by atoms with Crippen LogP contribution in [-0.2, 0) is 39.0 Å². The molecule has 5 aromatic rings. The summed E-state index contributed by atoms with van der Waals surface area (Å²) < 4.78 is 42.9. The summed E-state index contributed by atoms with van der Waals surface area (Å²) in [4.78, 5) is 38.0. The number of aliphatic hydroxyl groups is 4. The highest BCUT2D eigenvalue weighted by atomic mass is 32.2. The van der Waals surface area contributed by atoms with Gasteiger partial charge in [-0.3, -0.25) is 14.8 Å². The average molecular weight is 1020 g/mol. The Morgan fingerprint density at radius 3 is 2.45 bits per heavy atom. The molecule has 71 heavy (non-hydrogen) atoms. The van der Waals surface area contributed by atoms with Gasteiger partial charge in [0.05, 0.1) is 41.0 Å². The minimum atomic E-state index is -4.01. The molecule has 2 aliphatic heterocycles. The zero-order valence-corrected chi connectivity index (χ0v) is 41.6. The number of hydrogen-bond donors (Lipinski definition) is 8. The van der Waals surface area contributed by atoms with Gasteiger partial charge in [0.2, 0.25) is 10.0 Å². The first-order valence-corrected chi connectivity index (χ1v) is 26.7. The van der Waals surface area contributed by atoms with Crippen molar-refractivity contribution in [1.29, 1.82) is 0 Å². The molecule has 5 fully saturated rings. The lowest BCUT2D eigenvalue weighted by Gasteiger charge is -2.69. The molecule has 19 nitrogen and oxygen atoms in total. The van der Waals surface area contributed by atoms with Crippen molar-refractivity contribution < 1.29 is 53.0 Å². The van der Waals surface area contributed by atoms with Crippen molar-refractivity contribution in [3.05, 3.63) is 88.9 Å². The van der Waals surface area contributed by atoms with E-state index in [0.717, 1.165) is 65.6 Å². The van der Waals surface area contributed by atoms with Crippen LogP contribution in [0.3, 0.4) is 0 Å². The number of hydrogen-bond acceptors (Lipinski definition) is 16. The number of amides is 1. The number of fused-ring (bicyclic) bond motifs is 2. The Kier molecular flexibility index (Phi) is 13.2. The normalized spacial score (nSPS) is 30.2. The van der Waals surface area contributed by atoms with Crippen LogP contribution in [0.4, 0.5) is 10.9 Å². The van der Waals surface area contributed by atoms with Crippen molar-refractivity contribution in [3.63, 3.8) is 0 Å². The van der Waals surface area contributed by atoms with Gasteiger partial charge in [-0.1, -0.05) is 49.4 Å². The fourth-order valence-electron chi connectivity index (χ4n) is 13.6. The number of anilines is 2. The number of aliphatic hydroxyl groups excluding tert-OH is 4. The quantitative estimate of drug-likeness (QED) is 0.0615. The van der Waals surface area contributed by atoms with Gasteiger partial charge in [-0.05, 0) is 110 Å². The number of pyridine rings is 1. The number of aromatic carboxylic acids is 1. The molecule has 1 saturated heterocycles. The number of thiazole rings is 1. The zero-order chi connectivity index (χ0) is 50.1. The van der Waals surface area contributed by atoms with Crippen molar-refractivity contribution in [3.8, 4) is 11.1 Å². The number of para-hydroxylation sites is 1. The zero-order valence-electron chi connectivity index (χ0n) is 40.0. The Balaban J connectivity index is 0.792. The number of ether oxygens (including phenoxy) is 2. The number of carboxylic acid groups (broad SMARTS) is 1. The molecule has 2 aromatic carbocycles. The molecule has 0 radical (unpaired) electrons. The molecule has 4 aliphatic carbocycles. The molecule has 1 amide bonds. The van der Waals surface area contributed by atoms with E-state index >= 15 is 0 Å². The second kappa shape index (κ2) is 18.8. The predicted octanol–water partition coefficient (Wildman–Crippen LogP) is 3.82. The van der Waals surface area contributed by atoms with Crippen LogP contribution in [0.25, 0.3) is 21.3 Å². The van der Waals surface area contributed by atoms with Gasteiger partial charge in [0.15, 0.2) is 17.1 Å². The molecular formula is C50H62N8O11S2. The average Bonchev–Trinajstić information content (AvgIpc) is 3.89. The summed E-state index contributed by atoms with van der Waals surface area (Å²) in [5, 5.41) is 62.3. The van der Waals surface area contributed by atoms with Crippen LogP contribution < -0.4 is 20.3 Å². The summed E-state index contributed by atoms with van der Waals surface area (Å²) in [6.07, 6.45) is 1.89. The molecule has 6 aliphatic rings. The van der Waals surface area contributed by atoms with Crippen molar-refractivity contribution in [2.45, 2.75) is 115 Å². The highest BCUT2D eigenvalue weighted by Crippen LogP contribution is 2.72. The van der Waals surface area contributed by atoms with Crippen LogP contribution in [0.15, 0.2) is 60.8 Å². The Morgan fingerprint density at radius 1 is 0.930 bits per heavy atom. The number of carboxylic acids is 1. The minimum absolute atomic E-state index is 0.0372. The van der Waals surface area contributed by atoms with Gasteiger partial charge in [0.25, 0.3) is 5.91 Å². The molecule has 5 heterocycles. The molecule has 11 rings (SSSR count). The van der Waals surface area contributed by atoms with Crippen molar-refractivity contribution in [1.82, 2.24) is 29.8 Å². The molecule has 380 valence electrons. The van der Waals surface area contributed by atoms with Crippen LogP contribution in [0.2, 0.25) is 0 Å². The van der Waals surface area contributed by atoms with Gasteiger partial charge in [-0.15, -0.1) is 0 Å². The monoisotopic (exact) mass is 1010 g/mol. The summed E-state index contributed by atoms with van der Waals surface area (Å²) in [6, 6.07) is 15.6. The predicted molar refractivity (Wildman–Crippen MR) is 265 cm³/mol. The lowest BCUT2D eigenvalue weighted by atomic mass is 9.39. The SMILES string of the molecule is Cc1c(-c2ccc(N3CCc4cccc(C(=O)Nc5nc6ccccc6s5)c4C3)nc2C(=O)O)cnn1CC12CC3(C)CC(C)(C1)CC(OCCNCCS(=O)(=O)N[C@H]1C(O)O[C@H](CO)[C@@H](O)[C@@H]1O)(C3)C2. The molecule has 8 N–H and O–H groups in total. The summed E-state index contributed by atoms with van der Waals surface area (Å²) in [5.41, 5.74) is 4.79. The standard InChI is InChI=1S/C50H62N8O11S2/c1-29-33(31-11-12-38(54-39(31)44(63)64)57-16-13-30-7-6-8-32(34(30)20-57)43(62)55-46-53-35-9-4-5-10-37(35)70-46)19-52-58(29)28-49-23-47(2)22-48(3,24-49)26-50(25-47,27-49)68-17-14-51-15-18-71(66,67)56-40-42(61)41(60)36(21-59)69-45(40)65/h4-12,19,36,40-42,45,51,56,59-61,65H,13-18,20-28H2,1-3H3,(H,63,64)(H,53,55,62)/t36-,40-,41-,42-,45?,47?,48?,49?,50?/m1/s1. The van der Waals surface area contributed by atoms with E-state index in [1.54, 1.807) is 6.20 Å². The number of carbonyl (C=O) groups is 2. The van der Waals surface area contributed by atoms with E-state index in [1.807, 2.05) is 71.1 Å². The maximum atomic E-state index is 13.7. The van der Waals surface area contributed by atoms with Gasteiger partial charge in [0.1, 0.15) is 30.2 Å². The van der Waals surface area contributed by atoms with Crippen molar-refractivity contribution in [2.24, 2.45) is 16.2 Å². The van der Waals surface area contributed by atoms with Crippen LogP contribution in [-0.4, -0.2) is 140 Å². The highest BCUT2D eigenvalue weighted by Gasteiger charge is 2.66. The number of carbonyl (C=O) groups excluding carboxylic acids is 1. The van der Waals surface area contributed by atoms with Gasteiger partial charge in [0, 0.05) is 55.1 Å². The molecule has 21 heteroatoms. The first kappa shape index (κ1) is 49.6. The van der Waals surface area contributed by atoms with E-state index < -0.39 is 53.2 Å². The summed E-state index contributed by atoms with van der Waals surface area (Å²) in [7, 11) is -4.01. The Hall–Kier alpha value is -4.94. The molecular weight excluding hydrogens is 953 g/mol. The number of aromatic nitrogens is 4. The Bertz CT molecular complexity index is 2910. The molecule has 3 aromatic heterocycles. The topological polar surface area (TPSA) is 271 Å². The van der Waals surface area contributed by atoms with Crippen molar-refractivity contribution >= 4 is 54.4 Å². The second-order valence-corrected chi connectivity index (χ2v) is 24.3. The third kappa shape index (κ3) is 9.85. The lowest BCUT2D eigenvalue weighted by molar-refractivity contribution is -0.251. The molecule has 3 unspecified atom stereocenters. The molecule has 0 spiro atoms. The van der Waals surface area contributed by atoms with E-state index in [0.29, 0.717) is 66.8 Å². The van der Waals surface area contributed by atoms with Gasteiger partial charge < -0.3 is 45.2 Å². The molecule has 4 bridgehead atoms. The Morgan fingerprint density at radius 2 is 1.70 bits per heavy atom. The van der Waals surface area contributed by atoms with E-state index in [1.165, 1.54) is 11.3 Å². The molecule has 7 atom stereocenters. The number of nitrogens with one attached hydrogen (secondary N) is 3. The first-order valence-electron chi connectivity index (χ1n) is 24.2. The van der Waals surface area contributed by atoms with Crippen LogP contribution in [0.5, 0.6) is 0 Å². The summed E-state index contributed by atoms with van der Waals surface area (Å²) in [5.74, 6) is -1.26. The van der Waals surface area contributed by atoms with Gasteiger partial charge in [-0.2, -0.15) is 5.10 Å². The highest BCUT2D eigenvalue weighted by molar-refractivity contribution is 7.89. The number of sulfonamides is 1. The second-order valence-electron chi connectivity index (χ2n) is 21.4. The summed E-state index contributed by atoms with van der Waals surface area (Å²) in [6.45, 7) is 8.46. The minimum Gasteiger partial charge on any atom is -0.476 e. The third-order valence-electron chi connectivity index (χ3n) is 15.4. The Labute approximate surface area is 415 Å². The third-order valence-corrected chi connectivity index (χ3v) is 17.7. The summed E-state index contributed by atoms with van der Waals surface area (Å²) >= 11 is 1.42. The fourth-order valence-corrected chi connectivity index (χ4v) is 15.6. The van der Waals surface area contributed by atoms with E-state index in [9.17, 15) is 43.5 Å². The number of nitrogens with zero attached hydrogens (tertiary/aromatic N) is 5. The van der Waals surface area contributed by atoms with E-state index in [2.05, 4.69) is 34.2 Å². The van der Waals surface area contributed by atoms with Gasteiger partial charge in [-0.25, -0.2) is 27.9 Å². The van der Waals surface area contributed by atoms with Crippen molar-refractivity contribution in [2.75, 3.05) is 48.8 Å². The number of benzene rings is 2. The van der Waals surface area contributed by atoms with Crippen LogP contribution in [0.1, 0.15) is 90.0 Å².